The van der Waals surface area contributed by atoms with Crippen LogP contribution in [0.25, 0.3) is 0 Å². The molecule has 0 atom stereocenters. The first-order valence-corrected chi connectivity index (χ1v) is 7.87. The molecule has 0 unspecified atom stereocenters. The highest BCUT2D eigenvalue weighted by atomic mass is 32.2. The van der Waals surface area contributed by atoms with Crippen LogP contribution in [-0.4, -0.2) is 25.2 Å². The van der Waals surface area contributed by atoms with Crippen molar-refractivity contribution in [2.45, 2.75) is 10.6 Å². The molecule has 2 heterocycles. The summed E-state index contributed by atoms with van der Waals surface area (Å²) in [5.41, 5.74) is 6.88. The van der Waals surface area contributed by atoms with E-state index in [-0.39, 0.29) is 9.34 Å². The maximum atomic E-state index is 11.9. The third-order valence-corrected chi connectivity index (χ3v) is 5.59. The lowest BCUT2D eigenvalue weighted by molar-refractivity contribution is 0.603. The van der Waals surface area contributed by atoms with Gasteiger partial charge in [-0.25, -0.2) is 8.42 Å². The quantitative estimate of drug-likeness (QED) is 0.852. The number of anilines is 1. The maximum Gasteiger partial charge on any atom is 0.273 e. The topological polar surface area (TPSA) is 98.0 Å². The number of rotatable bonds is 5. The van der Waals surface area contributed by atoms with Crippen LogP contribution in [0.5, 0.6) is 0 Å². The van der Waals surface area contributed by atoms with Gasteiger partial charge in [0.15, 0.2) is 0 Å². The van der Waals surface area contributed by atoms with Crippen molar-refractivity contribution in [2.24, 2.45) is 5.73 Å². The monoisotopic (exact) mass is 290 g/mol. The fourth-order valence-corrected chi connectivity index (χ4v) is 4.23. The molecule has 6 nitrogen and oxygen atoms in total. The Hall–Kier alpha value is -1.03. The van der Waals surface area contributed by atoms with Gasteiger partial charge in [0.05, 0.1) is 0 Å². The Morgan fingerprint density at radius 2 is 2.24 bits per heavy atom. The molecule has 2 rings (SSSR count). The van der Waals surface area contributed by atoms with Crippen molar-refractivity contribution in [1.29, 1.82) is 0 Å². The SMILES string of the molecule is NCCc1ccc(S(=O)(=O)Nc2nncs2)s1. The summed E-state index contributed by atoms with van der Waals surface area (Å²) in [6.07, 6.45) is 0.680. The van der Waals surface area contributed by atoms with E-state index in [1.165, 1.54) is 16.8 Å². The van der Waals surface area contributed by atoms with E-state index >= 15 is 0 Å². The predicted octanol–water partition coefficient (Wildman–Crippen LogP) is 0.902. The van der Waals surface area contributed by atoms with Crippen LogP contribution >= 0.6 is 22.7 Å². The van der Waals surface area contributed by atoms with Crippen LogP contribution in [0.1, 0.15) is 4.88 Å². The van der Waals surface area contributed by atoms with Gasteiger partial charge in [0.2, 0.25) is 5.13 Å². The van der Waals surface area contributed by atoms with E-state index < -0.39 is 10.0 Å². The molecule has 0 saturated carbocycles. The van der Waals surface area contributed by atoms with Gasteiger partial charge in [0.25, 0.3) is 10.0 Å². The van der Waals surface area contributed by atoms with Crippen LogP contribution < -0.4 is 10.5 Å². The van der Waals surface area contributed by atoms with E-state index in [1.807, 2.05) is 0 Å². The van der Waals surface area contributed by atoms with E-state index in [1.54, 1.807) is 12.1 Å². The first-order chi connectivity index (χ1) is 8.12. The minimum Gasteiger partial charge on any atom is -0.330 e. The van der Waals surface area contributed by atoms with Gasteiger partial charge >= 0.3 is 0 Å². The van der Waals surface area contributed by atoms with Gasteiger partial charge in [0, 0.05) is 4.88 Å². The summed E-state index contributed by atoms with van der Waals surface area (Å²) in [7, 11) is -3.55. The number of aromatic nitrogens is 2. The van der Waals surface area contributed by atoms with Crippen molar-refractivity contribution >= 4 is 37.8 Å². The molecule has 0 bridgehead atoms. The smallest absolute Gasteiger partial charge is 0.273 e. The standard InChI is InChI=1S/C8H10N4O2S3/c9-4-3-6-1-2-7(16-6)17(13,14)12-8-11-10-5-15-8/h1-2,5H,3-4,9H2,(H,11,12). The van der Waals surface area contributed by atoms with Crippen molar-refractivity contribution < 1.29 is 8.42 Å². The normalized spacial score (nSPS) is 11.6. The van der Waals surface area contributed by atoms with E-state index in [9.17, 15) is 8.42 Å². The molecule has 0 aliphatic rings. The highest BCUT2D eigenvalue weighted by Gasteiger charge is 2.18. The molecule has 17 heavy (non-hydrogen) atoms. The lowest BCUT2D eigenvalue weighted by Gasteiger charge is -2.00. The third-order valence-electron chi connectivity index (χ3n) is 1.87. The maximum absolute atomic E-state index is 11.9. The number of sulfonamides is 1. The Bertz CT molecular complexity index is 576. The summed E-state index contributed by atoms with van der Waals surface area (Å²) >= 11 is 2.35. The minimum atomic E-state index is -3.55. The summed E-state index contributed by atoms with van der Waals surface area (Å²) < 4.78 is 26.5. The van der Waals surface area contributed by atoms with Crippen LogP contribution in [0.3, 0.4) is 0 Å². The number of hydrogen-bond donors (Lipinski definition) is 2. The van der Waals surface area contributed by atoms with Crippen molar-refractivity contribution in [3.63, 3.8) is 0 Å². The Labute approximate surface area is 107 Å². The van der Waals surface area contributed by atoms with Gasteiger partial charge in [-0.15, -0.1) is 21.5 Å². The molecular formula is C8H10N4O2S3. The lowest BCUT2D eigenvalue weighted by Crippen LogP contribution is -2.11. The van der Waals surface area contributed by atoms with Crippen LogP contribution in [0, 0.1) is 0 Å². The minimum absolute atomic E-state index is 0.260. The highest BCUT2D eigenvalue weighted by Crippen LogP contribution is 2.24. The molecule has 0 fully saturated rings. The lowest BCUT2D eigenvalue weighted by atomic mass is 10.3. The number of nitrogens with zero attached hydrogens (tertiary/aromatic N) is 2. The Balaban J connectivity index is 2.19. The second-order valence-electron chi connectivity index (χ2n) is 3.11. The Morgan fingerprint density at radius 3 is 2.88 bits per heavy atom. The third kappa shape index (κ3) is 3.00. The van der Waals surface area contributed by atoms with Crippen LogP contribution in [0.15, 0.2) is 21.9 Å². The molecule has 0 aromatic carbocycles. The zero-order valence-electron chi connectivity index (χ0n) is 8.66. The van der Waals surface area contributed by atoms with Crippen molar-refractivity contribution in [3.8, 4) is 0 Å². The molecule has 0 spiro atoms. The highest BCUT2D eigenvalue weighted by molar-refractivity contribution is 7.94. The number of hydrogen-bond acceptors (Lipinski definition) is 7. The average molecular weight is 290 g/mol. The van der Waals surface area contributed by atoms with Crippen LogP contribution in [-0.2, 0) is 16.4 Å². The molecule has 0 aliphatic heterocycles. The van der Waals surface area contributed by atoms with E-state index in [4.69, 9.17) is 5.73 Å². The molecule has 0 radical (unpaired) electrons. The largest absolute Gasteiger partial charge is 0.330 e. The Kier molecular flexibility index (Phi) is 3.72. The molecule has 3 N–H and O–H groups in total. The molecule has 0 aliphatic carbocycles. The molecule has 0 amide bonds. The number of thiophene rings is 1. The van der Waals surface area contributed by atoms with E-state index in [2.05, 4.69) is 14.9 Å². The van der Waals surface area contributed by atoms with Gasteiger partial charge in [-0.3, -0.25) is 4.72 Å². The summed E-state index contributed by atoms with van der Waals surface area (Å²) in [6.45, 7) is 0.504. The molecule has 2 aromatic rings. The van der Waals surface area contributed by atoms with Gasteiger partial charge < -0.3 is 5.73 Å². The van der Waals surface area contributed by atoms with Gasteiger partial charge in [-0.2, -0.15) is 0 Å². The number of nitrogens with one attached hydrogen (secondary N) is 1. The molecule has 0 saturated heterocycles. The van der Waals surface area contributed by atoms with Crippen molar-refractivity contribution in [1.82, 2.24) is 10.2 Å². The fraction of sp³-hybridized carbons (Fsp3) is 0.250. The Morgan fingerprint density at radius 1 is 1.41 bits per heavy atom. The second kappa shape index (κ2) is 5.08. The molecule has 2 aromatic heterocycles. The summed E-state index contributed by atoms with van der Waals surface area (Å²) in [5, 5.41) is 7.46. The van der Waals surface area contributed by atoms with E-state index in [0.717, 1.165) is 16.2 Å². The second-order valence-corrected chi connectivity index (χ2v) is 7.02. The summed E-state index contributed by atoms with van der Waals surface area (Å²) in [5.74, 6) is 0. The van der Waals surface area contributed by atoms with Crippen LogP contribution in [0.4, 0.5) is 5.13 Å². The molecule has 92 valence electrons. The summed E-state index contributed by atoms with van der Waals surface area (Å²) in [4.78, 5) is 0.949. The zero-order valence-corrected chi connectivity index (χ0v) is 11.1. The zero-order chi connectivity index (χ0) is 12.3. The molecular weight excluding hydrogens is 280 g/mol. The van der Waals surface area contributed by atoms with E-state index in [0.29, 0.717) is 13.0 Å². The first-order valence-electron chi connectivity index (χ1n) is 4.69. The van der Waals surface area contributed by atoms with Crippen LogP contribution in [0.2, 0.25) is 0 Å². The first kappa shape index (κ1) is 12.4. The van der Waals surface area contributed by atoms with Gasteiger partial charge in [-0.05, 0) is 25.1 Å². The summed E-state index contributed by atoms with van der Waals surface area (Å²) in [6, 6.07) is 3.34. The van der Waals surface area contributed by atoms with Gasteiger partial charge in [-0.1, -0.05) is 11.3 Å². The van der Waals surface area contributed by atoms with Gasteiger partial charge in [0.1, 0.15) is 9.72 Å². The number of nitrogens with two attached hydrogens (primary N) is 1. The van der Waals surface area contributed by atoms with Crippen molar-refractivity contribution in [2.75, 3.05) is 11.3 Å². The van der Waals surface area contributed by atoms with Crippen molar-refractivity contribution in [3.05, 3.63) is 22.5 Å². The fourth-order valence-electron chi connectivity index (χ4n) is 1.16. The molecule has 9 heteroatoms. The predicted molar refractivity (Wildman–Crippen MR) is 67.8 cm³/mol. The average Bonchev–Trinajstić information content (AvgIpc) is 2.88.